The summed E-state index contributed by atoms with van der Waals surface area (Å²) in [6.45, 7) is 6.42. The molecule has 0 bridgehead atoms. The molecule has 3 aromatic rings. The Morgan fingerprint density at radius 3 is 2.94 bits per heavy atom. The Morgan fingerprint density at radius 1 is 1.33 bits per heavy atom. The van der Waals surface area contributed by atoms with Crippen molar-refractivity contribution in [3.05, 3.63) is 53.1 Å². The number of nitriles is 1. The van der Waals surface area contributed by atoms with Crippen molar-refractivity contribution >= 4 is 5.78 Å². The molecule has 7 heteroatoms. The monoisotopic (exact) mass is 444 g/mol. The lowest BCUT2D eigenvalue weighted by Crippen LogP contribution is -2.22. The number of carbonyl (C=O) groups is 1. The third kappa shape index (κ3) is 4.96. The van der Waals surface area contributed by atoms with Crippen LogP contribution in [0.25, 0.3) is 22.8 Å². The van der Waals surface area contributed by atoms with Crippen LogP contribution < -0.4 is 10.1 Å². The topological polar surface area (TPSA) is 101 Å². The van der Waals surface area contributed by atoms with Crippen molar-refractivity contribution in [3.63, 3.8) is 0 Å². The zero-order valence-electron chi connectivity index (χ0n) is 19.2. The highest BCUT2D eigenvalue weighted by atomic mass is 16.5. The lowest BCUT2D eigenvalue weighted by molar-refractivity contribution is -0.118. The highest BCUT2D eigenvalue weighted by molar-refractivity contribution is 5.78. The first kappa shape index (κ1) is 22.7. The second-order valence-electron chi connectivity index (χ2n) is 8.47. The van der Waals surface area contributed by atoms with Gasteiger partial charge in [-0.2, -0.15) is 10.2 Å². The molecule has 0 saturated heterocycles. The van der Waals surface area contributed by atoms with Gasteiger partial charge in [0, 0.05) is 36.6 Å². The number of benzene rings is 2. The number of hydrogen-bond donors (Lipinski definition) is 1. The first-order valence-electron chi connectivity index (χ1n) is 11.4. The predicted molar refractivity (Wildman–Crippen MR) is 125 cm³/mol. The highest BCUT2D eigenvalue weighted by Crippen LogP contribution is 2.37. The Labute approximate surface area is 193 Å². The van der Waals surface area contributed by atoms with Gasteiger partial charge in [0.2, 0.25) is 5.82 Å². The number of carbonyl (C=O) groups excluding carboxylic acids is 1. The molecule has 0 aliphatic heterocycles. The molecule has 1 unspecified atom stereocenters. The van der Waals surface area contributed by atoms with Crippen LogP contribution >= 0.6 is 0 Å². The van der Waals surface area contributed by atoms with Crippen LogP contribution in [0.5, 0.6) is 5.75 Å². The molecule has 1 atom stereocenters. The van der Waals surface area contributed by atoms with E-state index in [4.69, 9.17) is 9.26 Å². The van der Waals surface area contributed by atoms with Crippen LogP contribution in [0, 0.1) is 11.3 Å². The summed E-state index contributed by atoms with van der Waals surface area (Å²) >= 11 is 0. The molecule has 2 aromatic carbocycles. The van der Waals surface area contributed by atoms with E-state index in [0.717, 1.165) is 18.4 Å². The number of nitrogens with zero attached hydrogens (tertiary/aromatic N) is 3. The summed E-state index contributed by atoms with van der Waals surface area (Å²) in [4.78, 5) is 16.2. The van der Waals surface area contributed by atoms with E-state index in [1.54, 1.807) is 12.1 Å². The van der Waals surface area contributed by atoms with Gasteiger partial charge >= 0.3 is 0 Å². The fraction of sp³-hybridized carbons (Fsp3) is 0.385. The first-order chi connectivity index (χ1) is 16.0. The number of nitrogens with one attached hydrogen (secondary N) is 1. The lowest BCUT2D eigenvalue weighted by Gasteiger charge is -2.14. The van der Waals surface area contributed by atoms with E-state index in [1.165, 1.54) is 11.1 Å². The van der Waals surface area contributed by atoms with Crippen molar-refractivity contribution in [1.82, 2.24) is 15.5 Å². The molecule has 1 N–H and O–H groups in total. The molecule has 7 nitrogen and oxygen atoms in total. The summed E-state index contributed by atoms with van der Waals surface area (Å²) in [6, 6.07) is 13.8. The third-order valence-corrected chi connectivity index (χ3v) is 5.84. The van der Waals surface area contributed by atoms with E-state index in [1.807, 2.05) is 39.0 Å². The average molecular weight is 445 g/mol. The maximum atomic E-state index is 11.6. The van der Waals surface area contributed by atoms with E-state index in [2.05, 4.69) is 27.6 Å². The Morgan fingerprint density at radius 2 is 2.18 bits per heavy atom. The number of hydrogen-bond acceptors (Lipinski definition) is 7. The molecule has 0 saturated carbocycles. The Kier molecular flexibility index (Phi) is 6.85. The first-order valence-corrected chi connectivity index (χ1v) is 11.4. The minimum absolute atomic E-state index is 0.0245. The average Bonchev–Trinajstić information content (AvgIpc) is 3.46. The molecule has 4 rings (SSSR count). The van der Waals surface area contributed by atoms with Crippen LogP contribution in [0.3, 0.4) is 0 Å². The lowest BCUT2D eigenvalue weighted by atomic mass is 10.0. The van der Waals surface area contributed by atoms with Gasteiger partial charge in [-0.05, 0) is 56.0 Å². The summed E-state index contributed by atoms with van der Waals surface area (Å²) in [5.41, 5.74) is 4.50. The van der Waals surface area contributed by atoms with Gasteiger partial charge in [0.1, 0.15) is 17.6 Å². The Bertz CT molecular complexity index is 1190. The molecule has 1 aliphatic carbocycles. The second-order valence-corrected chi connectivity index (χ2v) is 8.47. The number of fused-ring (bicyclic) bond motifs is 1. The van der Waals surface area contributed by atoms with Gasteiger partial charge in [0.15, 0.2) is 0 Å². The van der Waals surface area contributed by atoms with Crippen molar-refractivity contribution in [1.29, 1.82) is 5.26 Å². The van der Waals surface area contributed by atoms with E-state index < -0.39 is 0 Å². The zero-order chi connectivity index (χ0) is 23.4. The van der Waals surface area contributed by atoms with E-state index >= 15 is 0 Å². The van der Waals surface area contributed by atoms with Crippen molar-refractivity contribution in [2.45, 2.75) is 58.6 Å². The quantitative estimate of drug-likeness (QED) is 0.495. The molecular weight excluding hydrogens is 416 g/mol. The summed E-state index contributed by atoms with van der Waals surface area (Å²) in [6.07, 6.45) is 3.00. The molecule has 33 heavy (non-hydrogen) atoms. The number of aromatic nitrogens is 2. The largest absolute Gasteiger partial charge is 0.490 e. The number of Topliss-reactive ketones (excluding diaryl/α,β-unsaturated/α-hetero) is 1. The summed E-state index contributed by atoms with van der Waals surface area (Å²) in [5, 5.41) is 17.2. The smallest absolute Gasteiger partial charge is 0.258 e. The van der Waals surface area contributed by atoms with Crippen LogP contribution in [0.4, 0.5) is 0 Å². The van der Waals surface area contributed by atoms with E-state index in [0.29, 0.717) is 48.0 Å². The maximum Gasteiger partial charge on any atom is 0.258 e. The molecule has 1 aliphatic rings. The predicted octanol–water partition coefficient (Wildman–Crippen LogP) is 5.01. The van der Waals surface area contributed by atoms with Crippen molar-refractivity contribution in [2.75, 3.05) is 6.54 Å². The van der Waals surface area contributed by atoms with Crippen LogP contribution in [0.2, 0.25) is 0 Å². The number of ether oxygens (including phenoxy) is 1. The van der Waals surface area contributed by atoms with Crippen LogP contribution in [-0.4, -0.2) is 28.6 Å². The van der Waals surface area contributed by atoms with Crippen LogP contribution in [0.1, 0.15) is 62.8 Å². The molecule has 0 radical (unpaired) electrons. The number of rotatable bonds is 9. The Balaban J connectivity index is 1.55. The second kappa shape index (κ2) is 9.97. The standard InChI is InChI=1S/C26H28N4O3/c1-4-19(31)12-13-28-23-10-9-20-21(23)6-5-7-22(20)25-29-26(33-30-25)17-8-11-24(32-16(2)3)18(14-17)15-27/h5-8,11,14,16,23,28H,4,9-10,12-13H2,1-3H3. The molecular formula is C26H28N4O3. The SMILES string of the molecule is CCC(=O)CCNC1CCc2c(-c3noc(-c4ccc(OC(C)C)c(C#N)c4)n3)cccc21. The van der Waals surface area contributed by atoms with E-state index in [-0.39, 0.29) is 17.9 Å². The van der Waals surface area contributed by atoms with Gasteiger partial charge < -0.3 is 14.6 Å². The van der Waals surface area contributed by atoms with Gasteiger partial charge in [-0.1, -0.05) is 30.3 Å². The van der Waals surface area contributed by atoms with E-state index in [9.17, 15) is 10.1 Å². The summed E-state index contributed by atoms with van der Waals surface area (Å²) < 4.78 is 11.2. The molecule has 1 aromatic heterocycles. The molecule has 1 heterocycles. The van der Waals surface area contributed by atoms with Gasteiger partial charge in [-0.25, -0.2) is 0 Å². The van der Waals surface area contributed by atoms with Crippen molar-refractivity contribution in [2.24, 2.45) is 0 Å². The zero-order valence-corrected chi connectivity index (χ0v) is 19.2. The third-order valence-electron chi connectivity index (χ3n) is 5.84. The fourth-order valence-electron chi connectivity index (χ4n) is 4.20. The van der Waals surface area contributed by atoms with Gasteiger partial charge in [-0.15, -0.1) is 0 Å². The van der Waals surface area contributed by atoms with Crippen molar-refractivity contribution in [3.8, 4) is 34.7 Å². The number of ketones is 1. The van der Waals surface area contributed by atoms with Gasteiger partial charge in [-0.3, -0.25) is 4.79 Å². The minimum atomic E-state index is -0.0245. The highest BCUT2D eigenvalue weighted by Gasteiger charge is 2.26. The molecule has 170 valence electrons. The Hall–Kier alpha value is -3.50. The van der Waals surface area contributed by atoms with Crippen LogP contribution in [-0.2, 0) is 11.2 Å². The fourth-order valence-corrected chi connectivity index (χ4v) is 4.20. The molecule has 0 amide bonds. The van der Waals surface area contributed by atoms with Crippen molar-refractivity contribution < 1.29 is 14.1 Å². The summed E-state index contributed by atoms with van der Waals surface area (Å²) in [5.74, 6) is 1.71. The molecule has 0 spiro atoms. The normalized spacial score (nSPS) is 14.8. The van der Waals surface area contributed by atoms with Gasteiger partial charge in [0.25, 0.3) is 5.89 Å². The van der Waals surface area contributed by atoms with Gasteiger partial charge in [0.05, 0.1) is 11.7 Å². The van der Waals surface area contributed by atoms with Crippen LogP contribution in [0.15, 0.2) is 40.9 Å². The minimum Gasteiger partial charge on any atom is -0.490 e. The molecule has 0 fully saturated rings. The summed E-state index contributed by atoms with van der Waals surface area (Å²) in [7, 11) is 0. The maximum absolute atomic E-state index is 11.6.